The van der Waals surface area contributed by atoms with Crippen LogP contribution in [0.1, 0.15) is 33.1 Å². The van der Waals surface area contributed by atoms with E-state index in [-0.39, 0.29) is 18.1 Å². The maximum absolute atomic E-state index is 9.12. The van der Waals surface area contributed by atoms with Crippen LogP contribution in [0.4, 0.5) is 0 Å². The summed E-state index contributed by atoms with van der Waals surface area (Å²) in [5.74, 6) is 0.442. The van der Waals surface area contributed by atoms with Crippen LogP contribution in [-0.4, -0.2) is 24.3 Å². The third-order valence-corrected chi connectivity index (χ3v) is 3.15. The first kappa shape index (κ1) is 11.5. The lowest BCUT2D eigenvalue weighted by atomic mass is 10.0. The minimum absolute atomic E-state index is 0.172. The van der Waals surface area contributed by atoms with Gasteiger partial charge in [0.15, 0.2) is 0 Å². The van der Waals surface area contributed by atoms with Gasteiger partial charge in [-0.1, -0.05) is 13.8 Å². The Morgan fingerprint density at radius 3 is 2.50 bits per heavy atom. The van der Waals surface area contributed by atoms with Crippen molar-refractivity contribution in [3.05, 3.63) is 0 Å². The Labute approximate surface area is 86.1 Å². The van der Waals surface area contributed by atoms with E-state index in [1.54, 1.807) is 0 Å². The van der Waals surface area contributed by atoms with Crippen LogP contribution in [-0.2, 0) is 0 Å². The van der Waals surface area contributed by atoms with Gasteiger partial charge in [0.25, 0.3) is 0 Å². The van der Waals surface area contributed by atoms with Gasteiger partial charge >= 0.3 is 0 Å². The van der Waals surface area contributed by atoms with Gasteiger partial charge in [-0.3, -0.25) is 0 Å². The first-order valence-electron chi connectivity index (χ1n) is 5.35. The Hall–Kier alpha value is -0.590. The Morgan fingerprint density at radius 2 is 2.14 bits per heavy atom. The number of nitriles is 1. The zero-order valence-electron chi connectivity index (χ0n) is 9.08. The highest BCUT2D eigenvalue weighted by Gasteiger charge is 2.42. The third-order valence-electron chi connectivity index (χ3n) is 3.15. The van der Waals surface area contributed by atoms with Crippen molar-refractivity contribution in [1.82, 2.24) is 5.32 Å². The van der Waals surface area contributed by atoms with Gasteiger partial charge in [0.2, 0.25) is 0 Å². The van der Waals surface area contributed by atoms with Crippen molar-refractivity contribution in [2.75, 3.05) is 13.2 Å². The van der Waals surface area contributed by atoms with Crippen molar-refractivity contribution in [3.63, 3.8) is 0 Å². The monoisotopic (exact) mass is 196 g/mol. The molecule has 0 amide bonds. The van der Waals surface area contributed by atoms with Crippen LogP contribution in [0.3, 0.4) is 0 Å². The maximum Gasteiger partial charge on any atom is 0.0628 e. The van der Waals surface area contributed by atoms with Gasteiger partial charge in [-0.15, -0.1) is 0 Å². The molecular weight excluding hydrogens is 176 g/mol. The molecule has 0 aliphatic heterocycles. The highest BCUT2D eigenvalue weighted by Crippen LogP contribution is 2.47. The zero-order chi connectivity index (χ0) is 10.6. The van der Waals surface area contributed by atoms with Crippen molar-refractivity contribution < 1.29 is 5.11 Å². The summed E-state index contributed by atoms with van der Waals surface area (Å²) in [6, 6.07) is 2.41. The van der Waals surface area contributed by atoms with Gasteiger partial charge < -0.3 is 10.4 Å². The van der Waals surface area contributed by atoms with E-state index in [4.69, 9.17) is 10.4 Å². The predicted molar refractivity (Wildman–Crippen MR) is 55.6 cm³/mol. The van der Waals surface area contributed by atoms with Crippen molar-refractivity contribution in [2.45, 2.75) is 39.2 Å². The van der Waals surface area contributed by atoms with Gasteiger partial charge in [-0.25, -0.2) is 0 Å². The molecular formula is C11H20N2O. The van der Waals surface area contributed by atoms with Crippen molar-refractivity contribution in [1.29, 1.82) is 5.26 Å². The number of rotatable bonds is 6. The molecule has 0 bridgehead atoms. The molecule has 1 rings (SSSR count). The molecule has 0 aromatic heterocycles. The molecule has 1 saturated carbocycles. The smallest absolute Gasteiger partial charge is 0.0628 e. The SMILES string of the molecule is CC(C)C(CO)NCC1(CC#N)CC1. The topological polar surface area (TPSA) is 56.0 Å². The van der Waals surface area contributed by atoms with Crippen LogP contribution in [0.2, 0.25) is 0 Å². The first-order chi connectivity index (χ1) is 6.63. The fourth-order valence-electron chi connectivity index (χ4n) is 1.62. The number of hydrogen-bond donors (Lipinski definition) is 2. The van der Waals surface area contributed by atoms with Crippen LogP contribution in [0, 0.1) is 22.7 Å². The summed E-state index contributed by atoms with van der Waals surface area (Å²) in [6.45, 7) is 5.25. The lowest BCUT2D eigenvalue weighted by Crippen LogP contribution is -2.40. The van der Waals surface area contributed by atoms with E-state index < -0.39 is 0 Å². The fraction of sp³-hybridized carbons (Fsp3) is 0.909. The Balaban J connectivity index is 2.29. The van der Waals surface area contributed by atoms with Gasteiger partial charge in [-0.2, -0.15) is 5.26 Å². The van der Waals surface area contributed by atoms with Crippen molar-refractivity contribution >= 4 is 0 Å². The van der Waals surface area contributed by atoms with E-state index in [9.17, 15) is 0 Å². The lowest BCUT2D eigenvalue weighted by Gasteiger charge is -2.22. The predicted octanol–water partition coefficient (Wildman–Crippen LogP) is 1.29. The van der Waals surface area contributed by atoms with E-state index in [2.05, 4.69) is 25.2 Å². The molecule has 0 aromatic rings. The molecule has 2 N–H and O–H groups in total. The summed E-state index contributed by atoms with van der Waals surface area (Å²) < 4.78 is 0. The van der Waals surface area contributed by atoms with Crippen LogP contribution < -0.4 is 5.32 Å². The fourth-order valence-corrected chi connectivity index (χ4v) is 1.62. The minimum Gasteiger partial charge on any atom is -0.395 e. The summed E-state index contributed by atoms with van der Waals surface area (Å²) in [7, 11) is 0. The molecule has 3 heteroatoms. The Bertz CT molecular complexity index is 216. The van der Waals surface area contributed by atoms with E-state index >= 15 is 0 Å². The molecule has 14 heavy (non-hydrogen) atoms. The number of nitrogens with one attached hydrogen (secondary N) is 1. The van der Waals surface area contributed by atoms with Crippen LogP contribution >= 0.6 is 0 Å². The largest absolute Gasteiger partial charge is 0.395 e. The molecule has 0 radical (unpaired) electrons. The number of aliphatic hydroxyl groups excluding tert-OH is 1. The molecule has 1 aliphatic rings. The Morgan fingerprint density at radius 1 is 1.50 bits per heavy atom. The molecule has 1 fully saturated rings. The molecule has 0 aromatic carbocycles. The lowest BCUT2D eigenvalue weighted by molar-refractivity contribution is 0.203. The summed E-state index contributed by atoms with van der Waals surface area (Å²) in [5, 5.41) is 21.1. The summed E-state index contributed by atoms with van der Waals surface area (Å²) in [6.07, 6.45) is 2.96. The molecule has 0 spiro atoms. The van der Waals surface area contributed by atoms with Crippen LogP contribution in [0.25, 0.3) is 0 Å². The molecule has 80 valence electrons. The van der Waals surface area contributed by atoms with E-state index in [0.717, 1.165) is 19.4 Å². The molecule has 0 heterocycles. The van der Waals surface area contributed by atoms with E-state index in [0.29, 0.717) is 12.3 Å². The molecule has 0 saturated heterocycles. The van der Waals surface area contributed by atoms with E-state index in [1.807, 2.05) is 0 Å². The summed E-state index contributed by atoms with van der Waals surface area (Å²) >= 11 is 0. The van der Waals surface area contributed by atoms with Gasteiger partial charge in [0, 0.05) is 19.0 Å². The normalized spacial score (nSPS) is 20.5. The first-order valence-corrected chi connectivity index (χ1v) is 5.35. The standard InChI is InChI=1S/C11H20N2O/c1-9(2)10(7-14)13-8-11(3-4-11)5-6-12/h9-10,13-14H,3-5,7-8H2,1-2H3. The number of aliphatic hydroxyl groups is 1. The van der Waals surface area contributed by atoms with Crippen LogP contribution in [0.5, 0.6) is 0 Å². The average molecular weight is 196 g/mol. The number of nitrogens with zero attached hydrogens (tertiary/aromatic N) is 1. The third kappa shape index (κ3) is 2.97. The maximum atomic E-state index is 9.12. The molecule has 1 aliphatic carbocycles. The van der Waals surface area contributed by atoms with Gasteiger partial charge in [0.1, 0.15) is 0 Å². The highest BCUT2D eigenvalue weighted by atomic mass is 16.3. The molecule has 1 unspecified atom stereocenters. The highest BCUT2D eigenvalue weighted by molar-refractivity contribution is 5.01. The second-order valence-corrected chi connectivity index (χ2v) is 4.75. The van der Waals surface area contributed by atoms with E-state index in [1.165, 1.54) is 0 Å². The molecule has 1 atom stereocenters. The second-order valence-electron chi connectivity index (χ2n) is 4.75. The van der Waals surface area contributed by atoms with Gasteiger partial charge in [-0.05, 0) is 24.2 Å². The van der Waals surface area contributed by atoms with Crippen molar-refractivity contribution in [2.24, 2.45) is 11.3 Å². The second kappa shape index (κ2) is 4.77. The summed E-state index contributed by atoms with van der Waals surface area (Å²) in [5.41, 5.74) is 0.233. The average Bonchev–Trinajstić information content (AvgIpc) is 2.86. The van der Waals surface area contributed by atoms with Gasteiger partial charge in [0.05, 0.1) is 12.7 Å². The quantitative estimate of drug-likeness (QED) is 0.673. The van der Waals surface area contributed by atoms with Crippen molar-refractivity contribution in [3.8, 4) is 6.07 Å². The summed E-state index contributed by atoms with van der Waals surface area (Å²) in [4.78, 5) is 0. The van der Waals surface area contributed by atoms with Crippen LogP contribution in [0.15, 0.2) is 0 Å². The minimum atomic E-state index is 0.172. The Kier molecular flexibility index (Phi) is 3.91. The molecule has 3 nitrogen and oxygen atoms in total. The number of hydrogen-bond acceptors (Lipinski definition) is 3. The zero-order valence-corrected chi connectivity index (χ0v) is 9.08.